The van der Waals surface area contributed by atoms with Crippen molar-refractivity contribution in [1.29, 1.82) is 0 Å². The summed E-state index contributed by atoms with van der Waals surface area (Å²) < 4.78 is 0. The van der Waals surface area contributed by atoms with Crippen LogP contribution in [0.1, 0.15) is 31.2 Å². The normalized spacial score (nSPS) is 23.1. The van der Waals surface area contributed by atoms with Gasteiger partial charge < -0.3 is 14.9 Å². The predicted molar refractivity (Wildman–Crippen MR) is 104 cm³/mol. The van der Waals surface area contributed by atoms with E-state index in [9.17, 15) is 14.4 Å². The number of carboxylic acid groups (broad SMARTS) is 1. The van der Waals surface area contributed by atoms with Gasteiger partial charge in [0.25, 0.3) is 0 Å². The number of nitrogens with zero attached hydrogens (tertiary/aromatic N) is 3. The maximum absolute atomic E-state index is 13.0. The van der Waals surface area contributed by atoms with Gasteiger partial charge in [0.05, 0.1) is 12.5 Å². The molecule has 2 saturated heterocycles. The van der Waals surface area contributed by atoms with Crippen molar-refractivity contribution < 1.29 is 19.5 Å². The summed E-state index contributed by atoms with van der Waals surface area (Å²) in [6, 6.07) is 10.0. The third kappa shape index (κ3) is 5.10. The molecule has 1 aromatic carbocycles. The second-order valence-electron chi connectivity index (χ2n) is 7.88. The average molecular weight is 387 g/mol. The van der Waals surface area contributed by atoms with Crippen molar-refractivity contribution >= 4 is 17.8 Å². The summed E-state index contributed by atoms with van der Waals surface area (Å²) in [5.74, 6) is -1.01. The van der Waals surface area contributed by atoms with Gasteiger partial charge in [-0.2, -0.15) is 0 Å². The predicted octanol–water partition coefficient (Wildman–Crippen LogP) is 1.43. The van der Waals surface area contributed by atoms with Gasteiger partial charge in [-0.15, -0.1) is 0 Å². The van der Waals surface area contributed by atoms with Crippen LogP contribution in [0.2, 0.25) is 0 Å². The van der Waals surface area contributed by atoms with E-state index in [0.29, 0.717) is 26.2 Å². The zero-order valence-electron chi connectivity index (χ0n) is 16.4. The van der Waals surface area contributed by atoms with Gasteiger partial charge in [-0.05, 0) is 31.9 Å². The smallest absolute Gasteiger partial charge is 0.317 e. The van der Waals surface area contributed by atoms with Gasteiger partial charge in [-0.1, -0.05) is 30.3 Å². The molecule has 0 bridgehead atoms. The van der Waals surface area contributed by atoms with Gasteiger partial charge in [0.15, 0.2) is 0 Å². The molecule has 7 nitrogen and oxygen atoms in total. The van der Waals surface area contributed by atoms with Crippen LogP contribution in [0, 0.1) is 5.92 Å². The molecule has 2 aliphatic rings. The van der Waals surface area contributed by atoms with Crippen molar-refractivity contribution in [2.45, 2.75) is 38.3 Å². The molecule has 0 unspecified atom stereocenters. The Bertz CT molecular complexity index is 709. The van der Waals surface area contributed by atoms with Gasteiger partial charge in [0.1, 0.15) is 0 Å². The van der Waals surface area contributed by atoms with Crippen LogP contribution in [0.5, 0.6) is 0 Å². The Morgan fingerprint density at radius 1 is 1.18 bits per heavy atom. The first-order valence-corrected chi connectivity index (χ1v) is 9.96. The number of likely N-dealkylation sites (N-methyl/N-ethyl adjacent to an activating group) is 1. The first-order chi connectivity index (χ1) is 13.4. The largest absolute Gasteiger partial charge is 0.480 e. The van der Waals surface area contributed by atoms with Crippen LogP contribution in [0.3, 0.4) is 0 Å². The summed E-state index contributed by atoms with van der Waals surface area (Å²) in [5.41, 5.74) is 1.07. The standard InChI is InChI=1S/C21H29N3O4/c1-22(15-20(26)27)18-8-5-10-23(11-9-18)21(28)17-12-19(25)24(14-17)13-16-6-3-2-4-7-16/h2-4,6-7,17-18H,5,8-15H2,1H3,(H,26,27)/t17-,18+/m1/s1. The molecule has 2 atom stereocenters. The molecule has 0 radical (unpaired) electrons. The summed E-state index contributed by atoms with van der Waals surface area (Å²) >= 11 is 0. The summed E-state index contributed by atoms with van der Waals surface area (Å²) in [6.07, 6.45) is 2.79. The van der Waals surface area contributed by atoms with Crippen LogP contribution in [0.15, 0.2) is 30.3 Å². The Labute approximate surface area is 165 Å². The molecule has 28 heavy (non-hydrogen) atoms. The molecule has 2 aliphatic heterocycles. The second-order valence-corrected chi connectivity index (χ2v) is 7.88. The summed E-state index contributed by atoms with van der Waals surface area (Å²) in [4.78, 5) is 41.8. The summed E-state index contributed by atoms with van der Waals surface area (Å²) in [6.45, 7) is 2.34. The topological polar surface area (TPSA) is 81.2 Å². The third-order valence-electron chi connectivity index (χ3n) is 5.80. The van der Waals surface area contributed by atoms with Gasteiger partial charge in [-0.3, -0.25) is 19.3 Å². The van der Waals surface area contributed by atoms with Crippen LogP contribution < -0.4 is 0 Å². The zero-order valence-corrected chi connectivity index (χ0v) is 16.4. The quantitative estimate of drug-likeness (QED) is 0.799. The van der Waals surface area contributed by atoms with Crippen molar-refractivity contribution in [3.63, 3.8) is 0 Å². The maximum atomic E-state index is 13.0. The monoisotopic (exact) mass is 387 g/mol. The molecule has 0 spiro atoms. The number of carboxylic acids is 1. The number of benzene rings is 1. The molecule has 0 aromatic heterocycles. The van der Waals surface area contributed by atoms with Gasteiger partial charge in [-0.25, -0.2) is 0 Å². The molecule has 0 saturated carbocycles. The minimum Gasteiger partial charge on any atom is -0.480 e. The number of carbonyl (C=O) groups is 3. The van der Waals surface area contributed by atoms with Crippen molar-refractivity contribution in [2.75, 3.05) is 33.2 Å². The summed E-state index contributed by atoms with van der Waals surface area (Å²) in [7, 11) is 1.83. The lowest BCUT2D eigenvalue weighted by Gasteiger charge is -2.26. The third-order valence-corrected chi connectivity index (χ3v) is 5.80. The van der Waals surface area contributed by atoms with E-state index in [2.05, 4.69) is 0 Å². The number of hydrogen-bond donors (Lipinski definition) is 1. The number of carbonyl (C=O) groups excluding carboxylic acids is 2. The zero-order chi connectivity index (χ0) is 20.1. The fourth-order valence-electron chi connectivity index (χ4n) is 4.23. The van der Waals surface area contributed by atoms with E-state index in [1.165, 1.54) is 0 Å². The Morgan fingerprint density at radius 2 is 1.93 bits per heavy atom. The first-order valence-electron chi connectivity index (χ1n) is 9.96. The fraction of sp³-hybridized carbons (Fsp3) is 0.571. The van der Waals surface area contributed by atoms with Crippen LogP contribution in [0.25, 0.3) is 0 Å². The highest BCUT2D eigenvalue weighted by Gasteiger charge is 2.37. The Kier molecular flexibility index (Phi) is 6.67. The highest BCUT2D eigenvalue weighted by molar-refractivity contribution is 5.89. The van der Waals surface area contributed by atoms with Gasteiger partial charge in [0.2, 0.25) is 11.8 Å². The molecular weight excluding hydrogens is 358 g/mol. The molecule has 2 fully saturated rings. The first kappa shape index (κ1) is 20.3. The molecule has 1 aromatic rings. The number of likely N-dealkylation sites (tertiary alicyclic amines) is 2. The van der Waals surface area contributed by atoms with E-state index in [-0.39, 0.29) is 36.7 Å². The van der Waals surface area contributed by atoms with Crippen LogP contribution >= 0.6 is 0 Å². The van der Waals surface area contributed by atoms with E-state index >= 15 is 0 Å². The lowest BCUT2D eigenvalue weighted by molar-refractivity contribution is -0.139. The average Bonchev–Trinajstić information content (AvgIpc) is 2.88. The van der Waals surface area contributed by atoms with Crippen molar-refractivity contribution in [1.82, 2.24) is 14.7 Å². The summed E-state index contributed by atoms with van der Waals surface area (Å²) in [5, 5.41) is 8.98. The van der Waals surface area contributed by atoms with Crippen molar-refractivity contribution in [2.24, 2.45) is 5.92 Å². The SMILES string of the molecule is CN(CC(=O)O)[C@H]1CCCN(C(=O)[C@@H]2CC(=O)N(Cc3ccccc3)C2)CC1. The molecular formula is C21H29N3O4. The Morgan fingerprint density at radius 3 is 2.64 bits per heavy atom. The van der Waals surface area contributed by atoms with Gasteiger partial charge in [0, 0.05) is 38.6 Å². The Balaban J connectivity index is 1.54. The highest BCUT2D eigenvalue weighted by Crippen LogP contribution is 2.24. The highest BCUT2D eigenvalue weighted by atomic mass is 16.4. The van der Waals surface area contributed by atoms with E-state index in [0.717, 1.165) is 24.8 Å². The number of hydrogen-bond acceptors (Lipinski definition) is 4. The maximum Gasteiger partial charge on any atom is 0.317 e. The molecule has 2 amide bonds. The minimum atomic E-state index is -0.831. The number of aliphatic carboxylic acids is 1. The fourth-order valence-corrected chi connectivity index (χ4v) is 4.23. The van der Waals surface area contributed by atoms with Crippen LogP contribution in [-0.2, 0) is 20.9 Å². The lowest BCUT2D eigenvalue weighted by Crippen LogP contribution is -2.39. The van der Waals surface area contributed by atoms with Crippen molar-refractivity contribution in [3.05, 3.63) is 35.9 Å². The minimum absolute atomic E-state index is 0.0180. The van der Waals surface area contributed by atoms with Crippen LogP contribution in [-0.4, -0.2) is 76.9 Å². The number of rotatable bonds is 6. The van der Waals surface area contributed by atoms with E-state index in [1.54, 1.807) is 4.90 Å². The van der Waals surface area contributed by atoms with E-state index in [4.69, 9.17) is 5.11 Å². The molecule has 2 heterocycles. The molecule has 1 N–H and O–H groups in total. The second kappa shape index (κ2) is 9.19. The van der Waals surface area contributed by atoms with Crippen LogP contribution in [0.4, 0.5) is 0 Å². The molecule has 7 heteroatoms. The van der Waals surface area contributed by atoms with Crippen molar-refractivity contribution in [3.8, 4) is 0 Å². The molecule has 0 aliphatic carbocycles. The van der Waals surface area contributed by atoms with E-state index < -0.39 is 5.97 Å². The Hall–Kier alpha value is -2.41. The van der Waals surface area contributed by atoms with Gasteiger partial charge >= 0.3 is 5.97 Å². The van der Waals surface area contributed by atoms with E-state index in [1.807, 2.05) is 47.2 Å². The molecule has 152 valence electrons. The lowest BCUT2D eigenvalue weighted by atomic mass is 10.1. The number of amides is 2. The molecule has 3 rings (SSSR count).